The minimum Gasteiger partial charge on any atom is -0.300 e. The van der Waals surface area contributed by atoms with E-state index in [2.05, 4.69) is 21.5 Å². The first-order valence-corrected chi connectivity index (χ1v) is 8.03. The van der Waals surface area contributed by atoms with Gasteiger partial charge in [0.05, 0.1) is 27.1 Å². The lowest BCUT2D eigenvalue weighted by Gasteiger charge is -2.13. The lowest BCUT2D eigenvalue weighted by molar-refractivity contribution is -0.119. The third-order valence-corrected chi connectivity index (χ3v) is 4.81. The molecule has 114 valence electrons. The number of halogens is 1. The van der Waals surface area contributed by atoms with Crippen LogP contribution in [0.25, 0.3) is 10.2 Å². The first-order valence-electron chi connectivity index (χ1n) is 6.83. The highest BCUT2D eigenvalue weighted by molar-refractivity contribution is 7.22. The number of hydrogen-bond donors (Lipinski definition) is 1. The van der Waals surface area contributed by atoms with Crippen molar-refractivity contribution in [2.45, 2.75) is 26.8 Å². The normalized spacial score (nSPS) is 12.5. The molecule has 2 aromatic heterocycles. The summed E-state index contributed by atoms with van der Waals surface area (Å²) in [6.45, 7) is 5.65. The zero-order chi connectivity index (χ0) is 15.9. The number of carbonyl (C=O) groups is 1. The summed E-state index contributed by atoms with van der Waals surface area (Å²) in [5, 5.41) is 8.13. The fraction of sp³-hybridized carbons (Fsp3) is 0.267. The van der Waals surface area contributed by atoms with Gasteiger partial charge in [0.25, 0.3) is 5.91 Å². The average Bonchev–Trinajstić information content (AvgIpc) is 3.01. The molecule has 1 atom stereocenters. The summed E-state index contributed by atoms with van der Waals surface area (Å²) in [4.78, 5) is 16.8. The van der Waals surface area contributed by atoms with Crippen molar-refractivity contribution in [1.29, 1.82) is 0 Å². The molecule has 1 amide bonds. The molecule has 0 saturated carbocycles. The number of anilines is 1. The average molecular weight is 335 g/mol. The van der Waals surface area contributed by atoms with Gasteiger partial charge in [0.2, 0.25) is 0 Å². The number of carbonyl (C=O) groups excluding carboxylic acids is 1. The van der Waals surface area contributed by atoms with Crippen LogP contribution in [0, 0.1) is 13.8 Å². The number of thiazole rings is 1. The maximum absolute atomic E-state index is 12.4. The van der Waals surface area contributed by atoms with Crippen LogP contribution >= 0.6 is 22.9 Å². The molecule has 3 aromatic rings. The second-order valence-corrected chi connectivity index (χ2v) is 6.62. The second kappa shape index (κ2) is 5.70. The van der Waals surface area contributed by atoms with Crippen LogP contribution in [0.15, 0.2) is 24.4 Å². The second-order valence-electron chi connectivity index (χ2n) is 5.18. The molecular formula is C15H15ClN4OS. The van der Waals surface area contributed by atoms with Gasteiger partial charge in [-0.2, -0.15) is 5.10 Å². The summed E-state index contributed by atoms with van der Waals surface area (Å²) in [5.41, 5.74) is 2.82. The summed E-state index contributed by atoms with van der Waals surface area (Å²) >= 11 is 7.44. The Morgan fingerprint density at radius 2 is 2.18 bits per heavy atom. The fourth-order valence-corrected chi connectivity index (χ4v) is 3.30. The first-order chi connectivity index (χ1) is 10.5. The third kappa shape index (κ3) is 2.71. The van der Waals surface area contributed by atoms with E-state index < -0.39 is 6.04 Å². The molecule has 0 spiro atoms. The quantitative estimate of drug-likeness (QED) is 0.788. The topological polar surface area (TPSA) is 59.8 Å². The van der Waals surface area contributed by atoms with Gasteiger partial charge in [-0.3, -0.25) is 9.48 Å². The Hall–Kier alpha value is -1.92. The molecule has 1 N–H and O–H groups in total. The lowest BCUT2D eigenvalue weighted by atomic mass is 10.2. The summed E-state index contributed by atoms with van der Waals surface area (Å²) in [6.07, 6.45) is 1.54. The number of nitrogens with zero attached hydrogens (tertiary/aromatic N) is 3. The zero-order valence-electron chi connectivity index (χ0n) is 12.4. The van der Waals surface area contributed by atoms with Crippen LogP contribution in [0.4, 0.5) is 5.13 Å². The van der Waals surface area contributed by atoms with Gasteiger partial charge in [0, 0.05) is 0 Å². The molecule has 0 saturated heterocycles. The smallest absolute Gasteiger partial charge is 0.250 e. The van der Waals surface area contributed by atoms with E-state index >= 15 is 0 Å². The van der Waals surface area contributed by atoms with E-state index in [9.17, 15) is 4.79 Å². The molecule has 5 nitrogen and oxygen atoms in total. The SMILES string of the molecule is Cc1ccc2nc(NC(=O)C(C)n3ncc(Cl)c3C)sc2c1. The van der Waals surface area contributed by atoms with Crippen molar-refractivity contribution in [2.24, 2.45) is 0 Å². The maximum atomic E-state index is 12.4. The van der Waals surface area contributed by atoms with Gasteiger partial charge in [-0.25, -0.2) is 4.98 Å². The molecule has 0 aliphatic carbocycles. The van der Waals surface area contributed by atoms with Crippen LogP contribution in [-0.4, -0.2) is 20.7 Å². The Labute approximate surface area is 136 Å². The first kappa shape index (κ1) is 15.0. The van der Waals surface area contributed by atoms with Crippen molar-refractivity contribution in [2.75, 3.05) is 5.32 Å². The highest BCUT2D eigenvalue weighted by Gasteiger charge is 2.20. The van der Waals surface area contributed by atoms with Gasteiger partial charge in [-0.15, -0.1) is 0 Å². The number of aromatic nitrogens is 3. The number of aryl methyl sites for hydroxylation is 1. The number of hydrogen-bond acceptors (Lipinski definition) is 4. The molecule has 0 aliphatic rings. The van der Waals surface area contributed by atoms with E-state index in [0.29, 0.717) is 10.2 Å². The minimum atomic E-state index is -0.457. The molecule has 22 heavy (non-hydrogen) atoms. The van der Waals surface area contributed by atoms with Gasteiger partial charge >= 0.3 is 0 Å². The van der Waals surface area contributed by atoms with Crippen molar-refractivity contribution in [3.63, 3.8) is 0 Å². The van der Waals surface area contributed by atoms with E-state index in [4.69, 9.17) is 11.6 Å². The van der Waals surface area contributed by atoms with Crippen molar-refractivity contribution in [3.05, 3.63) is 40.7 Å². The Bertz CT molecular complexity index is 854. The standard InChI is InChI=1S/C15H15ClN4OS/c1-8-4-5-12-13(6-8)22-15(18-12)19-14(21)10(3)20-9(2)11(16)7-17-20/h4-7,10H,1-3H3,(H,18,19,21). The summed E-state index contributed by atoms with van der Waals surface area (Å²) < 4.78 is 2.66. The molecule has 2 heterocycles. The van der Waals surface area contributed by atoms with Crippen LogP contribution in [-0.2, 0) is 4.79 Å². The van der Waals surface area contributed by atoms with Crippen LogP contribution in [0.5, 0.6) is 0 Å². The Morgan fingerprint density at radius 1 is 1.41 bits per heavy atom. The van der Waals surface area contributed by atoms with Gasteiger partial charge in [0.15, 0.2) is 5.13 Å². The van der Waals surface area contributed by atoms with Crippen molar-refractivity contribution >= 4 is 44.2 Å². The van der Waals surface area contributed by atoms with Crippen LogP contribution < -0.4 is 5.32 Å². The molecule has 0 bridgehead atoms. The van der Waals surface area contributed by atoms with Crippen LogP contribution in [0.3, 0.4) is 0 Å². The van der Waals surface area contributed by atoms with E-state index in [1.165, 1.54) is 16.9 Å². The van der Waals surface area contributed by atoms with Crippen molar-refractivity contribution in [1.82, 2.24) is 14.8 Å². The molecule has 1 aromatic carbocycles. The highest BCUT2D eigenvalue weighted by atomic mass is 35.5. The molecule has 3 rings (SSSR count). The summed E-state index contributed by atoms with van der Waals surface area (Å²) in [6, 6.07) is 5.56. The lowest BCUT2D eigenvalue weighted by Crippen LogP contribution is -2.25. The molecule has 0 aliphatic heterocycles. The molecule has 0 fully saturated rings. The minimum absolute atomic E-state index is 0.168. The number of nitrogens with one attached hydrogen (secondary N) is 1. The van der Waals surface area contributed by atoms with E-state index in [-0.39, 0.29) is 5.91 Å². The fourth-order valence-electron chi connectivity index (χ4n) is 2.20. The number of amides is 1. The molecular weight excluding hydrogens is 320 g/mol. The van der Waals surface area contributed by atoms with Crippen LogP contribution in [0.2, 0.25) is 5.02 Å². The molecule has 1 unspecified atom stereocenters. The van der Waals surface area contributed by atoms with E-state index in [0.717, 1.165) is 15.9 Å². The molecule has 7 heteroatoms. The number of rotatable bonds is 3. The zero-order valence-corrected chi connectivity index (χ0v) is 14.0. The number of fused-ring (bicyclic) bond motifs is 1. The van der Waals surface area contributed by atoms with Crippen molar-refractivity contribution < 1.29 is 4.79 Å². The van der Waals surface area contributed by atoms with E-state index in [1.807, 2.05) is 26.0 Å². The molecule has 0 radical (unpaired) electrons. The maximum Gasteiger partial charge on any atom is 0.250 e. The van der Waals surface area contributed by atoms with Gasteiger partial charge in [0.1, 0.15) is 6.04 Å². The summed E-state index contributed by atoms with van der Waals surface area (Å²) in [5.74, 6) is -0.168. The van der Waals surface area contributed by atoms with E-state index in [1.54, 1.807) is 17.8 Å². The Morgan fingerprint density at radius 3 is 2.86 bits per heavy atom. The van der Waals surface area contributed by atoms with Gasteiger partial charge < -0.3 is 5.32 Å². The van der Waals surface area contributed by atoms with Crippen LogP contribution in [0.1, 0.15) is 24.2 Å². The Balaban J connectivity index is 1.81. The predicted octanol–water partition coefficient (Wildman–Crippen LogP) is 3.96. The third-order valence-electron chi connectivity index (χ3n) is 3.51. The predicted molar refractivity (Wildman–Crippen MR) is 89.7 cm³/mol. The van der Waals surface area contributed by atoms with Gasteiger partial charge in [-0.05, 0) is 38.5 Å². The van der Waals surface area contributed by atoms with Crippen molar-refractivity contribution in [3.8, 4) is 0 Å². The monoisotopic (exact) mass is 334 g/mol. The Kier molecular flexibility index (Phi) is 3.88. The number of benzene rings is 1. The van der Waals surface area contributed by atoms with Gasteiger partial charge in [-0.1, -0.05) is 29.0 Å². The largest absolute Gasteiger partial charge is 0.300 e. The highest BCUT2D eigenvalue weighted by Crippen LogP contribution is 2.27. The summed E-state index contributed by atoms with van der Waals surface area (Å²) in [7, 11) is 0.